The highest BCUT2D eigenvalue weighted by molar-refractivity contribution is 5.81. The first-order valence-corrected chi connectivity index (χ1v) is 10.2. The van der Waals surface area contributed by atoms with Crippen LogP contribution >= 0.6 is 0 Å². The zero-order chi connectivity index (χ0) is 20.6. The topological polar surface area (TPSA) is 74.6 Å². The van der Waals surface area contributed by atoms with Gasteiger partial charge in [0.2, 0.25) is 5.91 Å². The highest BCUT2D eigenvalue weighted by Crippen LogP contribution is 2.33. The van der Waals surface area contributed by atoms with Gasteiger partial charge in [0.15, 0.2) is 0 Å². The number of halogens is 1. The van der Waals surface area contributed by atoms with Crippen LogP contribution in [-0.2, 0) is 11.3 Å². The van der Waals surface area contributed by atoms with E-state index in [9.17, 15) is 14.0 Å². The third-order valence-corrected chi connectivity index (χ3v) is 5.29. The summed E-state index contributed by atoms with van der Waals surface area (Å²) in [5.74, 6) is -0.00454. The molecule has 3 amide bonds. The smallest absolute Gasteiger partial charge is 0.317 e. The first-order chi connectivity index (χ1) is 14.1. The third-order valence-electron chi connectivity index (χ3n) is 5.29. The Labute approximate surface area is 170 Å². The van der Waals surface area contributed by atoms with Crippen LogP contribution < -0.4 is 10.6 Å². The lowest BCUT2D eigenvalue weighted by molar-refractivity contribution is -0.127. The number of nitrogens with one attached hydrogen (secondary N) is 2. The molecule has 2 aromatic rings. The van der Waals surface area contributed by atoms with E-state index < -0.39 is 0 Å². The zero-order valence-corrected chi connectivity index (χ0v) is 16.7. The number of hydrogen-bond donors (Lipinski definition) is 2. The summed E-state index contributed by atoms with van der Waals surface area (Å²) in [4.78, 5) is 27.2. The number of nitrogens with zero attached hydrogens (tertiary/aromatic N) is 1. The van der Waals surface area contributed by atoms with Gasteiger partial charge in [0.05, 0.1) is 24.8 Å². The van der Waals surface area contributed by atoms with Crippen molar-refractivity contribution in [3.8, 4) is 0 Å². The molecule has 2 atom stereocenters. The molecule has 1 fully saturated rings. The molecule has 0 aliphatic carbocycles. The molecule has 7 heteroatoms. The molecule has 1 aliphatic heterocycles. The lowest BCUT2D eigenvalue weighted by atomic mass is 9.88. The average molecular weight is 401 g/mol. The lowest BCUT2D eigenvalue weighted by Crippen LogP contribution is -2.50. The van der Waals surface area contributed by atoms with Gasteiger partial charge in [-0.1, -0.05) is 25.5 Å². The maximum absolute atomic E-state index is 13.3. The predicted octanol–water partition coefficient (Wildman–Crippen LogP) is 4.00. The quantitative estimate of drug-likeness (QED) is 0.689. The second-order valence-corrected chi connectivity index (χ2v) is 7.38. The highest BCUT2D eigenvalue weighted by Gasteiger charge is 2.35. The van der Waals surface area contributed by atoms with Crippen LogP contribution in [0, 0.1) is 11.7 Å². The van der Waals surface area contributed by atoms with Crippen LogP contribution in [0.4, 0.5) is 9.18 Å². The Kier molecular flexibility index (Phi) is 7.27. The van der Waals surface area contributed by atoms with E-state index >= 15 is 0 Å². The van der Waals surface area contributed by atoms with E-state index in [1.54, 1.807) is 35.4 Å². The Balaban J connectivity index is 1.68. The van der Waals surface area contributed by atoms with Crippen molar-refractivity contribution in [2.45, 2.75) is 45.2 Å². The zero-order valence-electron chi connectivity index (χ0n) is 16.7. The summed E-state index contributed by atoms with van der Waals surface area (Å²) < 4.78 is 18.6. The van der Waals surface area contributed by atoms with E-state index in [0.29, 0.717) is 38.2 Å². The Bertz CT molecular complexity index is 792. The molecule has 1 saturated heterocycles. The van der Waals surface area contributed by atoms with Gasteiger partial charge in [-0.15, -0.1) is 0 Å². The number of hydrogen-bond acceptors (Lipinski definition) is 3. The summed E-state index contributed by atoms with van der Waals surface area (Å²) in [6.45, 7) is 3.31. The minimum atomic E-state index is -0.307. The summed E-state index contributed by atoms with van der Waals surface area (Å²) in [5.41, 5.74) is 0.881. The van der Waals surface area contributed by atoms with Crippen LogP contribution in [0.3, 0.4) is 0 Å². The summed E-state index contributed by atoms with van der Waals surface area (Å²) in [6, 6.07) is 9.46. The second-order valence-electron chi connectivity index (χ2n) is 7.38. The number of amides is 3. The van der Waals surface area contributed by atoms with E-state index in [4.69, 9.17) is 4.42 Å². The van der Waals surface area contributed by atoms with Crippen molar-refractivity contribution in [2.24, 2.45) is 5.92 Å². The van der Waals surface area contributed by atoms with Gasteiger partial charge in [-0.25, -0.2) is 9.18 Å². The van der Waals surface area contributed by atoms with Crippen molar-refractivity contribution in [2.75, 3.05) is 13.1 Å². The number of carbonyl (C=O) groups excluding carboxylic acids is 2. The van der Waals surface area contributed by atoms with Gasteiger partial charge >= 0.3 is 6.03 Å². The molecule has 156 valence electrons. The maximum atomic E-state index is 13.3. The number of furan rings is 1. The van der Waals surface area contributed by atoms with Crippen molar-refractivity contribution in [1.29, 1.82) is 0 Å². The number of piperidine rings is 1. The molecule has 2 unspecified atom stereocenters. The summed E-state index contributed by atoms with van der Waals surface area (Å²) >= 11 is 0. The molecule has 1 aromatic heterocycles. The summed E-state index contributed by atoms with van der Waals surface area (Å²) in [5, 5.41) is 5.83. The van der Waals surface area contributed by atoms with Crippen LogP contribution in [0.25, 0.3) is 0 Å². The van der Waals surface area contributed by atoms with Gasteiger partial charge in [-0.3, -0.25) is 4.79 Å². The first-order valence-electron chi connectivity index (χ1n) is 10.2. The summed E-state index contributed by atoms with van der Waals surface area (Å²) in [7, 11) is 0. The van der Waals surface area contributed by atoms with Crippen molar-refractivity contribution in [3.05, 3.63) is 59.8 Å². The number of carbonyl (C=O) groups is 2. The molecule has 0 bridgehead atoms. The van der Waals surface area contributed by atoms with Gasteiger partial charge in [0.25, 0.3) is 0 Å². The van der Waals surface area contributed by atoms with Gasteiger partial charge in [0, 0.05) is 13.1 Å². The van der Waals surface area contributed by atoms with E-state index in [1.807, 2.05) is 0 Å². The number of unbranched alkanes of at least 4 members (excludes halogenated alkanes) is 1. The molecule has 6 nitrogen and oxygen atoms in total. The number of likely N-dealkylation sites (tertiary alicyclic amines) is 1. The van der Waals surface area contributed by atoms with Gasteiger partial charge in [-0.05, 0) is 49.1 Å². The Morgan fingerprint density at radius 3 is 2.66 bits per heavy atom. The normalized spacial score (nSPS) is 19.0. The Morgan fingerprint density at radius 2 is 1.97 bits per heavy atom. The number of urea groups is 1. The van der Waals surface area contributed by atoms with Crippen LogP contribution in [-0.4, -0.2) is 29.9 Å². The van der Waals surface area contributed by atoms with E-state index in [-0.39, 0.29) is 29.7 Å². The molecule has 3 rings (SSSR count). The molecule has 2 N–H and O–H groups in total. The van der Waals surface area contributed by atoms with Crippen molar-refractivity contribution >= 4 is 11.9 Å². The molecule has 1 aliphatic rings. The predicted molar refractivity (Wildman–Crippen MR) is 107 cm³/mol. The van der Waals surface area contributed by atoms with E-state index in [2.05, 4.69) is 17.6 Å². The monoisotopic (exact) mass is 401 g/mol. The minimum absolute atomic E-state index is 0.0923. The largest absolute Gasteiger partial charge is 0.467 e. The van der Waals surface area contributed by atoms with Crippen molar-refractivity contribution in [3.63, 3.8) is 0 Å². The molecule has 0 radical (unpaired) electrons. The van der Waals surface area contributed by atoms with Crippen LogP contribution in [0.1, 0.15) is 50.0 Å². The second kappa shape index (κ2) is 10.1. The molecule has 0 spiro atoms. The van der Waals surface area contributed by atoms with Crippen LogP contribution in [0.5, 0.6) is 0 Å². The van der Waals surface area contributed by atoms with Crippen LogP contribution in [0.15, 0.2) is 47.1 Å². The van der Waals surface area contributed by atoms with Crippen LogP contribution in [0.2, 0.25) is 0 Å². The number of rotatable bonds is 7. The van der Waals surface area contributed by atoms with E-state index in [0.717, 1.165) is 18.4 Å². The van der Waals surface area contributed by atoms with Gasteiger partial charge < -0.3 is 20.0 Å². The number of benzene rings is 1. The van der Waals surface area contributed by atoms with Crippen molar-refractivity contribution in [1.82, 2.24) is 15.5 Å². The molecule has 29 heavy (non-hydrogen) atoms. The fourth-order valence-electron chi connectivity index (χ4n) is 3.65. The van der Waals surface area contributed by atoms with E-state index in [1.165, 1.54) is 12.1 Å². The van der Waals surface area contributed by atoms with Crippen molar-refractivity contribution < 1.29 is 18.4 Å². The Morgan fingerprint density at radius 1 is 1.17 bits per heavy atom. The summed E-state index contributed by atoms with van der Waals surface area (Å²) in [6.07, 6.45) is 4.75. The Hall–Kier alpha value is -2.83. The molecule has 2 heterocycles. The minimum Gasteiger partial charge on any atom is -0.467 e. The first kappa shape index (κ1) is 20.9. The third kappa shape index (κ3) is 5.59. The molecule has 0 saturated carbocycles. The molecule has 1 aromatic carbocycles. The SMILES string of the molecule is CCCCNC(=O)N1CC(C(=O)NCc2ccco2)CCC1c1ccc(F)cc1. The molecular weight excluding hydrogens is 373 g/mol. The fourth-order valence-corrected chi connectivity index (χ4v) is 3.65. The highest BCUT2D eigenvalue weighted by atomic mass is 19.1. The maximum Gasteiger partial charge on any atom is 0.317 e. The fraction of sp³-hybridized carbons (Fsp3) is 0.455. The molecular formula is C22H28FN3O3. The lowest BCUT2D eigenvalue weighted by Gasteiger charge is -2.39. The standard InChI is InChI=1S/C22H28FN3O3/c1-2-3-12-24-22(28)26-15-17(21(27)25-14-19-5-4-13-29-19)8-11-20(26)16-6-9-18(23)10-7-16/h4-7,9-10,13,17,20H,2-3,8,11-12,14-15H2,1H3,(H,24,28)(H,25,27). The van der Waals surface area contributed by atoms with Gasteiger partial charge in [-0.2, -0.15) is 0 Å². The average Bonchev–Trinajstić information content (AvgIpc) is 3.26. The van der Waals surface area contributed by atoms with Gasteiger partial charge in [0.1, 0.15) is 11.6 Å².